The van der Waals surface area contributed by atoms with E-state index in [1.165, 1.54) is 29.9 Å². The van der Waals surface area contributed by atoms with Crippen LogP contribution in [-0.4, -0.2) is 105 Å². The molecule has 4 aromatic heterocycles. The summed E-state index contributed by atoms with van der Waals surface area (Å²) in [5, 5.41) is 23.0. The first-order chi connectivity index (χ1) is 21.4. The minimum atomic E-state index is -4.28. The van der Waals surface area contributed by atoms with Crippen LogP contribution in [0.3, 0.4) is 0 Å². The summed E-state index contributed by atoms with van der Waals surface area (Å²) < 4.78 is 64.5. The van der Waals surface area contributed by atoms with Gasteiger partial charge in [-0.2, -0.15) is 0 Å². The largest absolute Gasteiger partial charge is 0.386 e. The van der Waals surface area contributed by atoms with Gasteiger partial charge in [0.25, 0.3) is 0 Å². The van der Waals surface area contributed by atoms with Crippen LogP contribution in [0.4, 0.5) is 11.6 Å². The number of anilines is 2. The lowest BCUT2D eigenvalue weighted by atomic mass is 10.1. The number of hydrogen-bond donors (Lipinski definition) is 6. The number of imidazole rings is 2. The summed E-state index contributed by atoms with van der Waals surface area (Å²) in [4.78, 5) is 24.6. The van der Waals surface area contributed by atoms with Gasteiger partial charge < -0.3 is 35.7 Å². The van der Waals surface area contributed by atoms with Gasteiger partial charge in [-0.15, -0.1) is 0 Å². The average molecular weight is 703 g/mol. The molecule has 240 valence electrons. The topological polar surface area (TPSA) is 269 Å². The summed E-state index contributed by atoms with van der Waals surface area (Å²) >= 11 is 8.23. The summed E-state index contributed by atoms with van der Waals surface area (Å²) in [6.07, 6.45) is -3.43. The Bertz CT molecular complexity index is 1940. The molecule has 3 aliphatic heterocycles. The second-order valence-corrected chi connectivity index (χ2v) is 16.5. The highest BCUT2D eigenvalue weighted by atomic mass is 32.7. The Morgan fingerprint density at radius 2 is 1.40 bits per heavy atom. The molecular formula is C21H24N10O10P2S2. The number of aliphatic hydroxyl groups is 2. The van der Waals surface area contributed by atoms with Crippen molar-refractivity contribution in [2.45, 2.75) is 54.5 Å². The lowest BCUT2D eigenvalue weighted by molar-refractivity contribution is -0.0656. The Labute approximate surface area is 262 Å². The van der Waals surface area contributed by atoms with E-state index in [0.717, 1.165) is 0 Å². The first kappa shape index (κ1) is 29.9. The molecule has 20 nitrogen and oxygen atoms in total. The van der Waals surface area contributed by atoms with Gasteiger partial charge in [0.1, 0.15) is 65.9 Å². The number of aromatic nitrogens is 8. The van der Waals surface area contributed by atoms with E-state index in [-0.39, 0.29) is 22.8 Å². The summed E-state index contributed by atoms with van der Waals surface area (Å²) in [5.74, 6) is 0.245. The highest BCUT2D eigenvalue weighted by Crippen LogP contribution is 2.66. The molecule has 45 heavy (non-hydrogen) atoms. The van der Waals surface area contributed by atoms with E-state index in [4.69, 9.17) is 39.0 Å². The van der Waals surface area contributed by atoms with Gasteiger partial charge in [0.2, 0.25) is 0 Å². The predicted molar refractivity (Wildman–Crippen MR) is 157 cm³/mol. The molecule has 11 atom stereocenters. The summed E-state index contributed by atoms with van der Waals surface area (Å²) in [6.45, 7) is -9.53. The van der Waals surface area contributed by atoms with E-state index < -0.39 is 81.3 Å². The van der Waals surface area contributed by atoms with E-state index >= 15 is 0 Å². The van der Waals surface area contributed by atoms with E-state index in [1.54, 1.807) is 4.57 Å². The van der Waals surface area contributed by atoms with Gasteiger partial charge in [-0.05, 0) is 0 Å². The quantitative estimate of drug-likeness (QED) is 0.119. The summed E-state index contributed by atoms with van der Waals surface area (Å²) in [5.41, 5.74) is 11.1. The molecule has 4 fully saturated rings. The van der Waals surface area contributed by atoms with Crippen LogP contribution in [-0.2, 0) is 36.7 Å². The molecule has 8 rings (SSSR count). The molecule has 1 aliphatic carbocycles. The molecule has 6 N–H and O–H groups in total. The number of rotatable bonds is 2. The van der Waals surface area contributed by atoms with Crippen molar-refractivity contribution in [3.63, 3.8) is 0 Å². The molecule has 4 aromatic rings. The SMILES string of the molecule is Nc1ncnc2c1ncn2C1[C@@H]2O[C@@H]3COP(=O)(S)O[C@@H]4C(O)[C@H](n5cnc6c(N)ncnc65)O[C@@H]4CO[P@@](=O)(S)OC3C12O. The van der Waals surface area contributed by atoms with Crippen LogP contribution in [0.15, 0.2) is 25.3 Å². The second kappa shape index (κ2) is 10.3. The number of nitrogens with zero attached hydrogens (tertiary/aromatic N) is 8. The maximum Gasteiger partial charge on any atom is 0.386 e. The number of hydrogen-bond acceptors (Lipinski definition) is 18. The molecule has 3 saturated heterocycles. The van der Waals surface area contributed by atoms with Crippen molar-refractivity contribution >= 4 is 72.1 Å². The van der Waals surface area contributed by atoms with Crippen LogP contribution in [0.25, 0.3) is 22.3 Å². The first-order valence-corrected chi connectivity index (χ1v) is 18.7. The average Bonchev–Trinajstić information content (AvgIpc) is 3.48. The number of aliphatic hydroxyl groups excluding tert-OH is 1. The molecule has 7 heterocycles. The smallest absolute Gasteiger partial charge is 0.386 e. The number of nitrogen functional groups attached to an aromatic ring is 2. The Hall–Kier alpha value is -2.46. The lowest BCUT2D eigenvalue weighted by Gasteiger charge is -2.31. The molecule has 4 aliphatic rings. The molecule has 0 bridgehead atoms. The van der Waals surface area contributed by atoms with Crippen molar-refractivity contribution < 1.29 is 46.9 Å². The number of thiol groups is 2. The highest BCUT2D eigenvalue weighted by Gasteiger charge is 2.79. The fraction of sp³-hybridized carbons (Fsp3) is 0.524. The van der Waals surface area contributed by atoms with Crippen LogP contribution >= 0.6 is 38.1 Å². The van der Waals surface area contributed by atoms with Crippen LogP contribution in [0.2, 0.25) is 0 Å². The predicted octanol–water partition coefficient (Wildman–Crippen LogP) is 0.0351. The molecule has 0 radical (unpaired) electrons. The van der Waals surface area contributed by atoms with Gasteiger partial charge in [-0.3, -0.25) is 22.7 Å². The Balaban J connectivity index is 1.08. The first-order valence-electron chi connectivity index (χ1n) is 13.3. The Morgan fingerprint density at radius 1 is 0.822 bits per heavy atom. The zero-order chi connectivity index (χ0) is 31.5. The van der Waals surface area contributed by atoms with Crippen molar-refractivity contribution in [2.75, 3.05) is 24.7 Å². The number of nitrogens with two attached hydrogens (primary N) is 2. The fourth-order valence-corrected chi connectivity index (χ4v) is 9.08. The monoisotopic (exact) mass is 702 g/mol. The molecule has 5 unspecified atom stereocenters. The molecule has 24 heteroatoms. The van der Waals surface area contributed by atoms with E-state index in [2.05, 4.69) is 54.4 Å². The van der Waals surface area contributed by atoms with Crippen LogP contribution < -0.4 is 11.5 Å². The molecular weight excluding hydrogens is 678 g/mol. The zero-order valence-corrected chi connectivity index (χ0v) is 26.1. The van der Waals surface area contributed by atoms with Crippen molar-refractivity contribution in [2.24, 2.45) is 0 Å². The molecule has 0 aromatic carbocycles. The number of fused-ring (bicyclic) bond motifs is 6. The summed E-state index contributed by atoms with van der Waals surface area (Å²) in [6, 6.07) is -0.792. The number of ether oxygens (including phenoxy) is 2. The third-order valence-electron chi connectivity index (χ3n) is 8.19. The Morgan fingerprint density at radius 3 is 2.07 bits per heavy atom. The third kappa shape index (κ3) is 4.70. The van der Waals surface area contributed by atoms with Crippen molar-refractivity contribution in [1.82, 2.24) is 39.0 Å². The van der Waals surface area contributed by atoms with Gasteiger partial charge in [0, 0.05) is 0 Å². The minimum absolute atomic E-state index is 0.104. The standard InChI is InChI=1S/C21H24N10O10P2S2/c22-16-9-18(26-3-24-16)30(5-28-9)13-15-21(13,33)14-8(38-15)2-37-42(34,44)40-12-7(1-36-43(35,45)41-14)39-20(11(12)32)31-6-29-10-17(23)25-4-27-19(10)31/h3-8,11-15,20,32-33H,1-2H2,(H,34,44)(H,35,45)(H2,22,24,26)(H2,23,25,27)/t7-,8-,11?,12+,13?,14?,15+,20-,21?,42?,43-/m1/s1. The highest BCUT2D eigenvalue weighted by molar-refractivity contribution is 8.44. The fourth-order valence-electron chi connectivity index (χ4n) is 6.10. The van der Waals surface area contributed by atoms with Gasteiger partial charge >= 0.3 is 13.6 Å². The van der Waals surface area contributed by atoms with Crippen LogP contribution in [0.5, 0.6) is 0 Å². The maximum atomic E-state index is 13.6. The van der Waals surface area contributed by atoms with E-state index in [1.807, 2.05) is 0 Å². The van der Waals surface area contributed by atoms with Gasteiger partial charge in [-0.25, -0.2) is 39.0 Å². The van der Waals surface area contributed by atoms with Gasteiger partial charge in [-0.1, -0.05) is 24.5 Å². The summed E-state index contributed by atoms with van der Waals surface area (Å²) in [7, 11) is 0. The lowest BCUT2D eigenvalue weighted by Crippen LogP contribution is -2.42. The Kier molecular flexibility index (Phi) is 6.82. The maximum absolute atomic E-state index is 13.6. The minimum Gasteiger partial charge on any atom is -0.386 e. The van der Waals surface area contributed by atoms with Crippen LogP contribution in [0, 0.1) is 0 Å². The van der Waals surface area contributed by atoms with Gasteiger partial charge in [0.15, 0.2) is 29.2 Å². The molecule has 0 amide bonds. The third-order valence-corrected chi connectivity index (χ3v) is 11.4. The molecule has 1 saturated carbocycles. The van der Waals surface area contributed by atoms with Gasteiger partial charge in [0.05, 0.1) is 31.9 Å². The van der Waals surface area contributed by atoms with Crippen molar-refractivity contribution in [1.29, 1.82) is 0 Å². The second-order valence-electron chi connectivity index (χ2n) is 10.8. The van der Waals surface area contributed by atoms with E-state index in [9.17, 15) is 19.3 Å². The molecule has 0 spiro atoms. The van der Waals surface area contributed by atoms with Crippen LogP contribution in [0.1, 0.15) is 12.3 Å². The van der Waals surface area contributed by atoms with Crippen molar-refractivity contribution in [3.8, 4) is 0 Å². The van der Waals surface area contributed by atoms with Crippen molar-refractivity contribution in [3.05, 3.63) is 25.3 Å². The van der Waals surface area contributed by atoms with E-state index in [0.29, 0.717) is 11.2 Å². The normalized spacial score (nSPS) is 41.7. The zero-order valence-electron chi connectivity index (χ0n) is 22.5.